The molecule has 0 aliphatic carbocycles. The number of esters is 1. The Morgan fingerprint density at radius 2 is 2.04 bits per heavy atom. The van der Waals surface area contributed by atoms with Crippen molar-refractivity contribution in [1.29, 1.82) is 0 Å². The van der Waals surface area contributed by atoms with Crippen molar-refractivity contribution in [2.45, 2.75) is 6.61 Å². The molecule has 0 saturated heterocycles. The summed E-state index contributed by atoms with van der Waals surface area (Å²) in [5.41, 5.74) is 1.78. The standard InChI is InChI=1S/C20H13ClFNO4S/c21-12-5-6-15(14(22)8-12)23-18(24)10-27-20(25)17-7-11-9-26-16-4-2-1-3-13(16)19(11)28-17/h1-8H,9-10H2,(H,23,24). The van der Waals surface area contributed by atoms with Crippen molar-refractivity contribution in [3.63, 3.8) is 0 Å². The van der Waals surface area contributed by atoms with Crippen molar-refractivity contribution >= 4 is 40.5 Å². The summed E-state index contributed by atoms with van der Waals surface area (Å²) in [5, 5.41) is 2.56. The zero-order chi connectivity index (χ0) is 19.7. The van der Waals surface area contributed by atoms with Crippen LogP contribution in [0.4, 0.5) is 10.1 Å². The number of fused-ring (bicyclic) bond motifs is 3. The number of benzene rings is 2. The molecule has 0 radical (unpaired) electrons. The van der Waals surface area contributed by atoms with Crippen LogP contribution >= 0.6 is 22.9 Å². The lowest BCUT2D eigenvalue weighted by atomic mass is 10.1. The minimum Gasteiger partial charge on any atom is -0.488 e. The number of ether oxygens (including phenoxy) is 2. The van der Waals surface area contributed by atoms with Gasteiger partial charge in [-0.2, -0.15) is 0 Å². The molecule has 28 heavy (non-hydrogen) atoms. The SMILES string of the molecule is O=C(COC(=O)c1cc2c(s1)-c1ccccc1OC2)Nc1ccc(Cl)cc1F. The fourth-order valence-corrected chi connectivity index (χ4v) is 4.03. The number of thiophene rings is 1. The summed E-state index contributed by atoms with van der Waals surface area (Å²) in [6.45, 7) is -0.164. The fraction of sp³-hybridized carbons (Fsp3) is 0.100. The molecular weight excluding hydrogens is 405 g/mol. The van der Waals surface area contributed by atoms with E-state index in [4.69, 9.17) is 21.1 Å². The summed E-state index contributed by atoms with van der Waals surface area (Å²) in [6.07, 6.45) is 0. The van der Waals surface area contributed by atoms with Gasteiger partial charge in [0.2, 0.25) is 0 Å². The van der Waals surface area contributed by atoms with Crippen molar-refractivity contribution in [1.82, 2.24) is 0 Å². The highest BCUT2D eigenvalue weighted by Gasteiger charge is 2.23. The predicted octanol–water partition coefficient (Wildman–Crippen LogP) is 4.90. The molecule has 2 heterocycles. The molecule has 0 saturated carbocycles. The number of hydrogen-bond donors (Lipinski definition) is 1. The van der Waals surface area contributed by atoms with E-state index in [1.807, 2.05) is 24.3 Å². The number of carbonyl (C=O) groups is 2. The van der Waals surface area contributed by atoms with Crippen LogP contribution in [0.3, 0.4) is 0 Å². The minimum absolute atomic E-state index is 0.0363. The molecule has 3 aromatic rings. The average Bonchev–Trinajstić information content (AvgIpc) is 3.13. The van der Waals surface area contributed by atoms with Crippen LogP contribution in [-0.4, -0.2) is 18.5 Å². The number of rotatable bonds is 4. The zero-order valence-corrected chi connectivity index (χ0v) is 15.9. The van der Waals surface area contributed by atoms with Crippen LogP contribution in [0.5, 0.6) is 5.75 Å². The van der Waals surface area contributed by atoms with Crippen molar-refractivity contribution in [2.24, 2.45) is 0 Å². The topological polar surface area (TPSA) is 64.6 Å². The number of carbonyl (C=O) groups excluding carboxylic acids is 2. The molecule has 1 aliphatic heterocycles. The third-order valence-corrected chi connectivity index (χ3v) is 5.49. The van der Waals surface area contributed by atoms with Crippen LogP contribution in [0, 0.1) is 5.82 Å². The molecule has 5 nitrogen and oxygen atoms in total. The molecule has 2 aromatic carbocycles. The van der Waals surface area contributed by atoms with E-state index < -0.39 is 24.3 Å². The first-order chi connectivity index (χ1) is 13.5. The van der Waals surface area contributed by atoms with Crippen LogP contribution in [0.2, 0.25) is 5.02 Å². The van der Waals surface area contributed by atoms with E-state index >= 15 is 0 Å². The lowest BCUT2D eigenvalue weighted by molar-refractivity contribution is -0.119. The molecule has 8 heteroatoms. The molecule has 1 aliphatic rings. The van der Waals surface area contributed by atoms with Gasteiger partial charge in [-0.1, -0.05) is 23.7 Å². The highest BCUT2D eigenvalue weighted by molar-refractivity contribution is 7.17. The van der Waals surface area contributed by atoms with Gasteiger partial charge in [-0.05, 0) is 36.4 Å². The van der Waals surface area contributed by atoms with Crippen LogP contribution in [-0.2, 0) is 16.1 Å². The predicted molar refractivity (Wildman–Crippen MR) is 104 cm³/mol. The van der Waals surface area contributed by atoms with Gasteiger partial charge in [0, 0.05) is 21.0 Å². The molecule has 1 N–H and O–H groups in total. The molecule has 1 amide bonds. The lowest BCUT2D eigenvalue weighted by Gasteiger charge is -2.16. The van der Waals surface area contributed by atoms with E-state index in [0.717, 1.165) is 27.8 Å². The number of hydrogen-bond acceptors (Lipinski definition) is 5. The number of amides is 1. The summed E-state index contributed by atoms with van der Waals surface area (Å²) >= 11 is 6.95. The van der Waals surface area contributed by atoms with Gasteiger partial charge in [0.1, 0.15) is 23.1 Å². The maximum atomic E-state index is 13.7. The van der Waals surface area contributed by atoms with Gasteiger partial charge in [0.25, 0.3) is 5.91 Å². The largest absolute Gasteiger partial charge is 0.488 e. The van der Waals surface area contributed by atoms with E-state index in [9.17, 15) is 14.0 Å². The second-order valence-corrected chi connectivity index (χ2v) is 7.49. The Labute approximate surface area is 168 Å². The first-order valence-corrected chi connectivity index (χ1v) is 9.47. The second-order valence-electron chi connectivity index (χ2n) is 6.00. The second kappa shape index (κ2) is 7.61. The van der Waals surface area contributed by atoms with Gasteiger partial charge < -0.3 is 14.8 Å². The monoisotopic (exact) mass is 417 g/mol. The molecule has 0 spiro atoms. The van der Waals surface area contributed by atoms with Crippen LogP contribution in [0.1, 0.15) is 15.2 Å². The minimum atomic E-state index is -0.670. The van der Waals surface area contributed by atoms with Gasteiger partial charge in [-0.15, -0.1) is 11.3 Å². The van der Waals surface area contributed by atoms with Crippen molar-refractivity contribution in [2.75, 3.05) is 11.9 Å². The highest BCUT2D eigenvalue weighted by Crippen LogP contribution is 2.42. The lowest BCUT2D eigenvalue weighted by Crippen LogP contribution is -2.21. The summed E-state index contributed by atoms with van der Waals surface area (Å²) in [6, 6.07) is 13.1. The average molecular weight is 418 g/mol. The Morgan fingerprint density at radius 3 is 2.86 bits per heavy atom. The Bertz CT molecular complexity index is 1080. The quantitative estimate of drug-likeness (QED) is 0.613. The first-order valence-electron chi connectivity index (χ1n) is 8.28. The van der Waals surface area contributed by atoms with Crippen LogP contribution < -0.4 is 10.1 Å². The third kappa shape index (κ3) is 3.72. The van der Waals surface area contributed by atoms with Crippen molar-refractivity contribution < 1.29 is 23.5 Å². The summed E-state index contributed by atoms with van der Waals surface area (Å²) in [4.78, 5) is 25.6. The number of para-hydroxylation sites is 1. The molecule has 142 valence electrons. The fourth-order valence-electron chi connectivity index (χ4n) is 2.78. The third-order valence-electron chi connectivity index (χ3n) is 4.06. The molecule has 0 atom stereocenters. The maximum Gasteiger partial charge on any atom is 0.348 e. The van der Waals surface area contributed by atoms with E-state index in [2.05, 4.69) is 5.32 Å². The zero-order valence-electron chi connectivity index (χ0n) is 14.3. The van der Waals surface area contributed by atoms with Gasteiger partial charge in [-0.25, -0.2) is 9.18 Å². The molecule has 0 bridgehead atoms. The van der Waals surface area contributed by atoms with Crippen molar-refractivity contribution in [3.05, 3.63) is 69.8 Å². The maximum absolute atomic E-state index is 13.7. The summed E-state index contributed by atoms with van der Waals surface area (Å²) in [7, 11) is 0. The Hall–Kier alpha value is -2.90. The van der Waals surface area contributed by atoms with Gasteiger partial charge in [0.05, 0.1) is 5.69 Å². The number of halogens is 2. The van der Waals surface area contributed by atoms with E-state index in [1.165, 1.54) is 23.5 Å². The Balaban J connectivity index is 1.41. The molecule has 0 unspecified atom stereocenters. The van der Waals surface area contributed by atoms with E-state index in [1.54, 1.807) is 6.07 Å². The summed E-state index contributed by atoms with van der Waals surface area (Å²) < 4.78 is 24.4. The highest BCUT2D eigenvalue weighted by atomic mass is 35.5. The molecule has 4 rings (SSSR count). The number of anilines is 1. The molecule has 0 fully saturated rings. The van der Waals surface area contributed by atoms with Gasteiger partial charge in [-0.3, -0.25) is 4.79 Å². The molecule has 1 aromatic heterocycles. The van der Waals surface area contributed by atoms with Crippen LogP contribution in [0.25, 0.3) is 10.4 Å². The Kier molecular flexibility index (Phi) is 5.02. The van der Waals surface area contributed by atoms with Crippen LogP contribution in [0.15, 0.2) is 48.5 Å². The number of nitrogens with one attached hydrogen (secondary N) is 1. The van der Waals surface area contributed by atoms with E-state index in [0.29, 0.717) is 11.5 Å². The van der Waals surface area contributed by atoms with E-state index in [-0.39, 0.29) is 10.7 Å². The Morgan fingerprint density at radius 1 is 1.21 bits per heavy atom. The van der Waals surface area contributed by atoms with Gasteiger partial charge in [0.15, 0.2) is 6.61 Å². The molecular formula is C20H13ClFNO4S. The smallest absolute Gasteiger partial charge is 0.348 e. The summed E-state index contributed by atoms with van der Waals surface area (Å²) in [5.74, 6) is -1.17. The first kappa shape index (κ1) is 18.5. The van der Waals surface area contributed by atoms with Crippen molar-refractivity contribution in [3.8, 4) is 16.2 Å². The van der Waals surface area contributed by atoms with Gasteiger partial charge >= 0.3 is 5.97 Å². The normalized spacial score (nSPS) is 11.8.